The van der Waals surface area contributed by atoms with Crippen molar-refractivity contribution in [3.05, 3.63) is 40.4 Å². The zero-order valence-electron chi connectivity index (χ0n) is 10.2. The van der Waals surface area contributed by atoms with E-state index in [9.17, 15) is 4.39 Å². The van der Waals surface area contributed by atoms with Crippen molar-refractivity contribution in [3.63, 3.8) is 0 Å². The number of anilines is 1. The summed E-state index contributed by atoms with van der Waals surface area (Å²) < 4.78 is 13.8. The predicted octanol–water partition coefficient (Wildman–Crippen LogP) is 3.11. The molecule has 0 atom stereocenters. The topological polar surface area (TPSA) is 55.3 Å². The van der Waals surface area contributed by atoms with Crippen molar-refractivity contribution < 1.29 is 4.39 Å². The van der Waals surface area contributed by atoms with E-state index in [0.29, 0.717) is 15.9 Å². The summed E-state index contributed by atoms with van der Waals surface area (Å²) in [7, 11) is 0. The minimum Gasteiger partial charge on any atom is -0.400 e. The van der Waals surface area contributed by atoms with Crippen LogP contribution in [0.5, 0.6) is 0 Å². The number of hydrogen-bond donors (Lipinski definition) is 2. The van der Waals surface area contributed by atoms with E-state index >= 15 is 0 Å². The number of nitrogens with two attached hydrogens (primary N) is 2. The van der Waals surface area contributed by atoms with Crippen molar-refractivity contribution in [2.45, 2.75) is 20.8 Å². The molecule has 1 aromatic carbocycles. The summed E-state index contributed by atoms with van der Waals surface area (Å²) >= 11 is 3.31. The highest BCUT2D eigenvalue weighted by molar-refractivity contribution is 9.10. The van der Waals surface area contributed by atoms with Crippen molar-refractivity contribution in [2.24, 2.45) is 17.0 Å². The van der Waals surface area contributed by atoms with Gasteiger partial charge < -0.3 is 5.73 Å². The molecule has 17 heavy (non-hydrogen) atoms. The van der Waals surface area contributed by atoms with Gasteiger partial charge in [0.05, 0.1) is 5.69 Å². The molecule has 1 rings (SSSR count). The maximum atomic E-state index is 13.1. The first-order chi connectivity index (χ1) is 7.71. The van der Waals surface area contributed by atoms with E-state index in [1.165, 1.54) is 17.1 Å². The number of allylic oxidation sites excluding steroid dienone is 1. The highest BCUT2D eigenvalue weighted by atomic mass is 79.9. The van der Waals surface area contributed by atoms with Gasteiger partial charge in [0.25, 0.3) is 0 Å². The summed E-state index contributed by atoms with van der Waals surface area (Å²) in [6.07, 6.45) is 1.60. The van der Waals surface area contributed by atoms with Crippen LogP contribution in [-0.4, -0.2) is 0 Å². The third-order valence-corrected chi connectivity index (χ3v) is 3.00. The lowest BCUT2D eigenvalue weighted by Crippen LogP contribution is -2.29. The number of hydrazine groups is 1. The molecule has 94 valence electrons. The zero-order chi connectivity index (χ0) is 13.2. The van der Waals surface area contributed by atoms with Gasteiger partial charge >= 0.3 is 0 Å². The first-order valence-corrected chi connectivity index (χ1v) is 5.98. The van der Waals surface area contributed by atoms with E-state index in [1.54, 1.807) is 12.3 Å². The molecule has 0 saturated heterocycles. The van der Waals surface area contributed by atoms with E-state index in [4.69, 9.17) is 11.6 Å². The number of rotatable bonds is 2. The fraction of sp³-hybridized carbons (Fsp3) is 0.333. The highest BCUT2D eigenvalue weighted by Gasteiger charge is 2.15. The minimum absolute atomic E-state index is 0.183. The molecule has 0 radical (unpaired) electrons. The first kappa shape index (κ1) is 14.0. The fourth-order valence-electron chi connectivity index (χ4n) is 1.10. The second-order valence-corrected chi connectivity index (χ2v) is 5.69. The van der Waals surface area contributed by atoms with Gasteiger partial charge in [-0.25, -0.2) is 10.2 Å². The average Bonchev–Trinajstić information content (AvgIpc) is 2.20. The molecule has 0 spiro atoms. The minimum atomic E-state index is -0.346. The van der Waals surface area contributed by atoms with Crippen LogP contribution in [0.25, 0.3) is 0 Å². The molecule has 1 aromatic rings. The number of benzene rings is 1. The standard InChI is InChI=1S/C12H17BrFN3/c1-12(2,3)11(15)7-17(16)10-6-8(14)4-5-9(10)13/h4-7H,15-16H2,1-3H3/b11-7-. The van der Waals surface area contributed by atoms with E-state index in [-0.39, 0.29) is 11.2 Å². The van der Waals surface area contributed by atoms with Crippen LogP contribution in [0.1, 0.15) is 20.8 Å². The number of nitrogens with zero attached hydrogens (tertiary/aromatic N) is 1. The van der Waals surface area contributed by atoms with Crippen LogP contribution < -0.4 is 16.6 Å². The summed E-state index contributed by atoms with van der Waals surface area (Å²) in [6.45, 7) is 5.94. The molecule has 0 aromatic heterocycles. The van der Waals surface area contributed by atoms with Crippen LogP contribution in [0.3, 0.4) is 0 Å². The number of hydrogen-bond acceptors (Lipinski definition) is 3. The molecule has 0 bridgehead atoms. The van der Waals surface area contributed by atoms with E-state index in [2.05, 4.69) is 15.9 Å². The summed E-state index contributed by atoms with van der Waals surface area (Å²) in [5, 5.41) is 1.31. The Balaban J connectivity index is 3.05. The van der Waals surface area contributed by atoms with Crippen molar-refractivity contribution in [1.29, 1.82) is 0 Å². The van der Waals surface area contributed by atoms with E-state index in [1.807, 2.05) is 20.8 Å². The Labute approximate surface area is 109 Å². The molecule has 0 amide bonds. The Morgan fingerprint density at radius 3 is 2.53 bits per heavy atom. The van der Waals surface area contributed by atoms with E-state index in [0.717, 1.165) is 0 Å². The second-order valence-electron chi connectivity index (χ2n) is 4.84. The largest absolute Gasteiger partial charge is 0.400 e. The van der Waals surface area contributed by atoms with Crippen LogP contribution in [0.15, 0.2) is 34.6 Å². The first-order valence-electron chi connectivity index (χ1n) is 5.18. The van der Waals surface area contributed by atoms with Gasteiger partial charge in [-0.2, -0.15) is 0 Å². The lowest BCUT2D eigenvalue weighted by molar-refractivity contribution is 0.495. The lowest BCUT2D eigenvalue weighted by atomic mass is 9.93. The Bertz CT molecular complexity index is 438. The summed E-state index contributed by atoms with van der Waals surface area (Å²) in [4.78, 5) is 0. The SMILES string of the molecule is CC(C)(C)/C(N)=C/N(N)c1cc(F)ccc1Br. The maximum absolute atomic E-state index is 13.1. The van der Waals surface area contributed by atoms with E-state index < -0.39 is 0 Å². The quantitative estimate of drug-likeness (QED) is 0.652. The molecule has 0 heterocycles. The molecular formula is C12H17BrFN3. The molecule has 4 N–H and O–H groups in total. The Morgan fingerprint density at radius 2 is 2.00 bits per heavy atom. The van der Waals surface area contributed by atoms with Crippen molar-refractivity contribution in [2.75, 3.05) is 5.01 Å². The molecule has 0 aliphatic carbocycles. The van der Waals surface area contributed by atoms with Gasteiger partial charge in [-0.3, -0.25) is 5.01 Å². The molecule has 0 aliphatic heterocycles. The van der Waals surface area contributed by atoms with Gasteiger partial charge in [0.15, 0.2) is 0 Å². The fourth-order valence-corrected chi connectivity index (χ4v) is 1.55. The molecular weight excluding hydrogens is 285 g/mol. The van der Waals surface area contributed by atoms with Gasteiger partial charge in [-0.15, -0.1) is 0 Å². The lowest BCUT2D eigenvalue weighted by Gasteiger charge is -2.23. The summed E-state index contributed by atoms with van der Waals surface area (Å²) in [5.41, 5.74) is 6.87. The molecule has 5 heteroatoms. The Kier molecular flexibility index (Phi) is 4.16. The molecule has 0 saturated carbocycles. The molecule has 3 nitrogen and oxygen atoms in total. The van der Waals surface area contributed by atoms with Crippen molar-refractivity contribution in [1.82, 2.24) is 0 Å². The maximum Gasteiger partial charge on any atom is 0.125 e. The Morgan fingerprint density at radius 1 is 1.41 bits per heavy atom. The van der Waals surface area contributed by atoms with Crippen LogP contribution >= 0.6 is 15.9 Å². The third-order valence-electron chi connectivity index (χ3n) is 2.33. The van der Waals surface area contributed by atoms with Crippen LogP contribution in [0.4, 0.5) is 10.1 Å². The van der Waals surface area contributed by atoms with Gasteiger partial charge in [-0.1, -0.05) is 20.8 Å². The molecule has 0 aliphatic rings. The smallest absolute Gasteiger partial charge is 0.125 e. The zero-order valence-corrected chi connectivity index (χ0v) is 11.8. The van der Waals surface area contributed by atoms with Gasteiger partial charge in [0, 0.05) is 27.9 Å². The van der Waals surface area contributed by atoms with Gasteiger partial charge in [-0.05, 0) is 28.1 Å². The van der Waals surface area contributed by atoms with Crippen molar-refractivity contribution in [3.8, 4) is 0 Å². The monoisotopic (exact) mass is 301 g/mol. The summed E-state index contributed by atoms with van der Waals surface area (Å²) in [5.74, 6) is 5.50. The van der Waals surface area contributed by atoms with Crippen molar-refractivity contribution >= 4 is 21.6 Å². The summed E-state index contributed by atoms with van der Waals surface area (Å²) in [6, 6.07) is 4.31. The molecule has 0 unspecified atom stereocenters. The van der Waals surface area contributed by atoms with Crippen LogP contribution in [0, 0.1) is 11.2 Å². The van der Waals surface area contributed by atoms with Gasteiger partial charge in [0.1, 0.15) is 5.82 Å². The highest BCUT2D eigenvalue weighted by Crippen LogP contribution is 2.27. The van der Waals surface area contributed by atoms with Gasteiger partial charge in [0.2, 0.25) is 0 Å². The average molecular weight is 302 g/mol. The molecule has 0 fully saturated rings. The van der Waals surface area contributed by atoms with Crippen LogP contribution in [0.2, 0.25) is 0 Å². The van der Waals surface area contributed by atoms with Crippen LogP contribution in [-0.2, 0) is 0 Å². The predicted molar refractivity (Wildman–Crippen MR) is 72.5 cm³/mol. The normalized spacial score (nSPS) is 12.7. The second kappa shape index (κ2) is 5.06. The number of halogens is 2. The third kappa shape index (κ3) is 3.71. The Hall–Kier alpha value is -1.07.